The van der Waals surface area contributed by atoms with Gasteiger partial charge in [0.05, 0.1) is 11.8 Å². The molecule has 1 aromatic rings. The van der Waals surface area contributed by atoms with Crippen LogP contribution >= 0.6 is 0 Å². The molecule has 0 aromatic carbocycles. The number of ether oxygens (including phenoxy) is 1. The largest absolute Gasteiger partial charge is 0.448 e. The van der Waals surface area contributed by atoms with Crippen LogP contribution in [-0.4, -0.2) is 60.2 Å². The van der Waals surface area contributed by atoms with Crippen LogP contribution in [0, 0.1) is 0 Å². The maximum Gasteiger partial charge on any atom is 0.196 e. The molecule has 0 spiro atoms. The van der Waals surface area contributed by atoms with Gasteiger partial charge in [-0.3, -0.25) is 4.90 Å². The number of nitrogens with zero attached hydrogens (tertiary/aromatic N) is 3. The van der Waals surface area contributed by atoms with Crippen molar-refractivity contribution in [3.05, 3.63) is 17.8 Å². The van der Waals surface area contributed by atoms with Gasteiger partial charge in [-0.15, -0.1) is 0 Å². The van der Waals surface area contributed by atoms with Crippen LogP contribution in [-0.2, 0) is 11.3 Å². The quantitative estimate of drug-likeness (QED) is 0.836. The summed E-state index contributed by atoms with van der Waals surface area (Å²) in [5, 5.41) is 0. The molecule has 0 saturated carbocycles. The van der Waals surface area contributed by atoms with Crippen molar-refractivity contribution in [2.24, 2.45) is 0 Å². The number of likely N-dealkylation sites (tertiary alicyclic amines) is 1. The van der Waals surface area contributed by atoms with E-state index >= 15 is 0 Å². The van der Waals surface area contributed by atoms with Crippen molar-refractivity contribution in [2.75, 3.05) is 39.3 Å². The van der Waals surface area contributed by atoms with Gasteiger partial charge in [0.2, 0.25) is 0 Å². The van der Waals surface area contributed by atoms with Crippen molar-refractivity contribution in [2.45, 2.75) is 51.7 Å². The first-order valence-corrected chi connectivity index (χ1v) is 8.71. The molecule has 1 aromatic heterocycles. The Morgan fingerprint density at radius 3 is 2.68 bits per heavy atom. The lowest BCUT2D eigenvalue weighted by Crippen LogP contribution is -2.39. The fourth-order valence-corrected chi connectivity index (χ4v) is 3.37. The molecule has 3 heterocycles. The molecule has 124 valence electrons. The smallest absolute Gasteiger partial charge is 0.196 e. The normalized spacial score (nSPS) is 25.0. The predicted molar refractivity (Wildman–Crippen MR) is 85.9 cm³/mol. The fraction of sp³-hybridized carbons (Fsp3) is 0.824. The first-order valence-electron chi connectivity index (χ1n) is 8.71. The minimum absolute atomic E-state index is 0.331. The third-order valence-corrected chi connectivity index (χ3v) is 4.54. The van der Waals surface area contributed by atoms with Gasteiger partial charge in [-0.25, -0.2) is 4.98 Å². The van der Waals surface area contributed by atoms with E-state index in [-0.39, 0.29) is 0 Å². The zero-order valence-corrected chi connectivity index (χ0v) is 14.0. The van der Waals surface area contributed by atoms with Crippen molar-refractivity contribution >= 4 is 0 Å². The SMILES string of the molecule is CC(C)c1nc(CN2CCCO[C@H](CN3CCCC3)C2)co1. The number of hydrogen-bond acceptors (Lipinski definition) is 5. The molecule has 0 bridgehead atoms. The van der Waals surface area contributed by atoms with Crippen LogP contribution in [0.15, 0.2) is 10.7 Å². The van der Waals surface area contributed by atoms with E-state index in [1.807, 2.05) is 6.26 Å². The van der Waals surface area contributed by atoms with Crippen LogP contribution in [0.5, 0.6) is 0 Å². The molecule has 0 radical (unpaired) electrons. The second kappa shape index (κ2) is 7.57. The molecule has 2 fully saturated rings. The molecule has 0 unspecified atom stereocenters. The maximum absolute atomic E-state index is 6.05. The molecule has 0 N–H and O–H groups in total. The molecule has 0 amide bonds. The highest BCUT2D eigenvalue weighted by molar-refractivity contribution is 4.99. The number of hydrogen-bond donors (Lipinski definition) is 0. The van der Waals surface area contributed by atoms with Crippen LogP contribution in [0.4, 0.5) is 0 Å². The highest BCUT2D eigenvalue weighted by Gasteiger charge is 2.23. The van der Waals surface area contributed by atoms with Crippen molar-refractivity contribution in [1.82, 2.24) is 14.8 Å². The van der Waals surface area contributed by atoms with Crippen LogP contribution in [0.25, 0.3) is 0 Å². The average molecular weight is 307 g/mol. The highest BCUT2D eigenvalue weighted by atomic mass is 16.5. The lowest BCUT2D eigenvalue weighted by atomic mass is 10.2. The summed E-state index contributed by atoms with van der Waals surface area (Å²) in [6.07, 6.45) is 5.93. The van der Waals surface area contributed by atoms with Crippen LogP contribution in [0.3, 0.4) is 0 Å². The number of rotatable bonds is 5. The Hall–Kier alpha value is -0.910. The van der Waals surface area contributed by atoms with Crippen molar-refractivity contribution in [3.63, 3.8) is 0 Å². The molecule has 2 aliphatic rings. The molecule has 3 rings (SSSR count). The summed E-state index contributed by atoms with van der Waals surface area (Å²) in [4.78, 5) is 9.61. The van der Waals surface area contributed by atoms with Gasteiger partial charge in [-0.05, 0) is 32.4 Å². The topological polar surface area (TPSA) is 41.7 Å². The lowest BCUT2D eigenvalue weighted by Gasteiger charge is -2.26. The summed E-state index contributed by atoms with van der Waals surface area (Å²) < 4.78 is 11.6. The fourth-order valence-electron chi connectivity index (χ4n) is 3.37. The van der Waals surface area contributed by atoms with Crippen molar-refractivity contribution < 1.29 is 9.15 Å². The monoisotopic (exact) mass is 307 g/mol. The third-order valence-electron chi connectivity index (χ3n) is 4.54. The van der Waals surface area contributed by atoms with Gasteiger partial charge in [0.1, 0.15) is 6.26 Å². The van der Waals surface area contributed by atoms with Gasteiger partial charge in [-0.1, -0.05) is 13.8 Å². The summed E-state index contributed by atoms with van der Waals surface area (Å²) in [6, 6.07) is 0. The van der Waals surface area contributed by atoms with Gasteiger partial charge >= 0.3 is 0 Å². The van der Waals surface area contributed by atoms with E-state index in [9.17, 15) is 0 Å². The summed E-state index contributed by atoms with van der Waals surface area (Å²) in [7, 11) is 0. The standard InChI is InChI=1S/C17H29N3O2/c1-14(2)17-18-15(13-22-17)10-20-8-5-9-21-16(12-20)11-19-6-3-4-7-19/h13-14,16H,3-12H2,1-2H3/t16-/m1/s1. The Bertz CT molecular complexity index is 455. The van der Waals surface area contributed by atoms with Gasteiger partial charge in [-0.2, -0.15) is 0 Å². The van der Waals surface area contributed by atoms with Crippen molar-refractivity contribution in [1.29, 1.82) is 0 Å². The summed E-state index contributed by atoms with van der Waals surface area (Å²) in [5.74, 6) is 1.19. The minimum atomic E-state index is 0.331. The van der Waals surface area contributed by atoms with E-state index in [4.69, 9.17) is 9.15 Å². The van der Waals surface area contributed by atoms with Gasteiger partial charge in [0, 0.05) is 38.7 Å². The second-order valence-electron chi connectivity index (χ2n) is 6.92. The van der Waals surface area contributed by atoms with E-state index in [0.717, 1.165) is 50.8 Å². The summed E-state index contributed by atoms with van der Waals surface area (Å²) in [6.45, 7) is 11.6. The number of aromatic nitrogens is 1. The first kappa shape index (κ1) is 16.0. The Labute approximate surface area is 133 Å². The lowest BCUT2D eigenvalue weighted by molar-refractivity contribution is 0.0306. The Balaban J connectivity index is 1.54. The van der Waals surface area contributed by atoms with E-state index in [2.05, 4.69) is 28.6 Å². The van der Waals surface area contributed by atoms with E-state index in [0.29, 0.717) is 12.0 Å². The minimum Gasteiger partial charge on any atom is -0.448 e. The molecule has 5 nitrogen and oxygen atoms in total. The zero-order chi connectivity index (χ0) is 15.4. The van der Waals surface area contributed by atoms with Crippen LogP contribution in [0.2, 0.25) is 0 Å². The van der Waals surface area contributed by atoms with E-state index in [1.54, 1.807) is 0 Å². The molecular weight excluding hydrogens is 278 g/mol. The molecule has 0 aliphatic carbocycles. The first-order chi connectivity index (χ1) is 10.7. The number of oxazole rings is 1. The summed E-state index contributed by atoms with van der Waals surface area (Å²) >= 11 is 0. The van der Waals surface area contributed by atoms with Gasteiger partial charge < -0.3 is 14.1 Å². The average Bonchev–Trinajstić information content (AvgIpc) is 3.10. The molecule has 1 atom stereocenters. The van der Waals surface area contributed by atoms with Crippen molar-refractivity contribution in [3.8, 4) is 0 Å². The van der Waals surface area contributed by atoms with Gasteiger partial charge in [0.15, 0.2) is 5.89 Å². The summed E-state index contributed by atoms with van der Waals surface area (Å²) in [5.41, 5.74) is 1.05. The molecule has 2 aliphatic heterocycles. The predicted octanol–water partition coefficient (Wildman–Crippen LogP) is 2.48. The molecular formula is C17H29N3O2. The van der Waals surface area contributed by atoms with E-state index < -0.39 is 0 Å². The second-order valence-corrected chi connectivity index (χ2v) is 6.92. The Kier molecular flexibility index (Phi) is 5.50. The molecule has 5 heteroatoms. The van der Waals surface area contributed by atoms with E-state index in [1.165, 1.54) is 25.9 Å². The van der Waals surface area contributed by atoms with Gasteiger partial charge in [0.25, 0.3) is 0 Å². The molecule has 22 heavy (non-hydrogen) atoms. The zero-order valence-electron chi connectivity index (χ0n) is 14.0. The van der Waals surface area contributed by atoms with Crippen LogP contribution < -0.4 is 0 Å². The maximum atomic E-state index is 6.05. The third kappa shape index (κ3) is 4.31. The highest BCUT2D eigenvalue weighted by Crippen LogP contribution is 2.17. The molecule has 2 saturated heterocycles. The van der Waals surface area contributed by atoms with Crippen LogP contribution in [0.1, 0.15) is 50.6 Å². The Morgan fingerprint density at radius 1 is 1.18 bits per heavy atom. The Morgan fingerprint density at radius 2 is 1.95 bits per heavy atom.